The average molecular weight is 304 g/mol. The molecule has 1 aromatic rings. The van der Waals surface area contributed by atoms with E-state index in [1.807, 2.05) is 36.9 Å². The van der Waals surface area contributed by atoms with Crippen molar-refractivity contribution in [2.75, 3.05) is 19.7 Å². The minimum absolute atomic E-state index is 0.0144. The number of carbonyl (C=O) groups is 2. The Labute approximate surface area is 131 Å². The van der Waals surface area contributed by atoms with Crippen LogP contribution in [-0.4, -0.2) is 42.5 Å². The van der Waals surface area contributed by atoms with E-state index >= 15 is 0 Å². The zero-order valence-corrected chi connectivity index (χ0v) is 13.2. The molecule has 1 aromatic carbocycles. The second kappa shape index (κ2) is 7.82. The van der Waals surface area contributed by atoms with Crippen LogP contribution >= 0.6 is 0 Å². The molecule has 1 atom stereocenters. The maximum atomic E-state index is 12.5. The SMILES string of the molecule is CC(C)[C@@H](NC(=O)COc1ccccc1)C(=O)N1CCCC1. The van der Waals surface area contributed by atoms with Gasteiger partial charge in [0.1, 0.15) is 11.8 Å². The molecule has 1 saturated heterocycles. The van der Waals surface area contributed by atoms with E-state index in [1.54, 1.807) is 12.1 Å². The molecule has 1 aliphatic heterocycles. The molecule has 0 bridgehead atoms. The Bertz CT molecular complexity index is 496. The third-order valence-electron chi connectivity index (χ3n) is 3.78. The molecule has 0 unspecified atom stereocenters. The summed E-state index contributed by atoms with van der Waals surface area (Å²) >= 11 is 0. The van der Waals surface area contributed by atoms with Crippen LogP contribution in [0, 0.1) is 5.92 Å². The van der Waals surface area contributed by atoms with Gasteiger partial charge in [0.15, 0.2) is 6.61 Å². The topological polar surface area (TPSA) is 58.6 Å². The number of nitrogens with zero attached hydrogens (tertiary/aromatic N) is 1. The number of nitrogens with one attached hydrogen (secondary N) is 1. The van der Waals surface area contributed by atoms with Crippen LogP contribution in [0.4, 0.5) is 0 Å². The van der Waals surface area contributed by atoms with Crippen molar-refractivity contribution in [1.29, 1.82) is 0 Å². The molecule has 22 heavy (non-hydrogen) atoms. The van der Waals surface area contributed by atoms with Crippen LogP contribution in [0.15, 0.2) is 30.3 Å². The van der Waals surface area contributed by atoms with E-state index in [4.69, 9.17) is 4.74 Å². The Morgan fingerprint density at radius 2 is 1.82 bits per heavy atom. The van der Waals surface area contributed by atoms with Gasteiger partial charge in [0, 0.05) is 13.1 Å². The predicted octanol–water partition coefficient (Wildman–Crippen LogP) is 1.83. The number of para-hydroxylation sites is 1. The Morgan fingerprint density at radius 1 is 1.18 bits per heavy atom. The second-order valence-electron chi connectivity index (χ2n) is 5.92. The first-order valence-corrected chi connectivity index (χ1v) is 7.84. The summed E-state index contributed by atoms with van der Waals surface area (Å²) in [7, 11) is 0. The van der Waals surface area contributed by atoms with Crippen LogP contribution in [0.3, 0.4) is 0 Å². The smallest absolute Gasteiger partial charge is 0.258 e. The van der Waals surface area contributed by atoms with Gasteiger partial charge in [-0.2, -0.15) is 0 Å². The third kappa shape index (κ3) is 4.48. The average Bonchev–Trinajstić information content (AvgIpc) is 3.05. The van der Waals surface area contributed by atoms with E-state index in [1.165, 1.54) is 0 Å². The van der Waals surface area contributed by atoms with Gasteiger partial charge in [0.05, 0.1) is 0 Å². The molecule has 1 heterocycles. The van der Waals surface area contributed by atoms with E-state index in [0.29, 0.717) is 5.75 Å². The van der Waals surface area contributed by atoms with Gasteiger partial charge < -0.3 is 15.0 Å². The van der Waals surface area contributed by atoms with E-state index in [2.05, 4.69) is 5.32 Å². The number of ether oxygens (including phenoxy) is 1. The second-order valence-corrected chi connectivity index (χ2v) is 5.92. The highest BCUT2D eigenvalue weighted by molar-refractivity contribution is 5.88. The summed E-state index contributed by atoms with van der Waals surface area (Å²) in [6.07, 6.45) is 2.09. The Morgan fingerprint density at radius 3 is 2.41 bits per heavy atom. The third-order valence-corrected chi connectivity index (χ3v) is 3.78. The number of hydrogen-bond donors (Lipinski definition) is 1. The first-order valence-electron chi connectivity index (χ1n) is 7.84. The van der Waals surface area contributed by atoms with Crippen molar-refractivity contribution < 1.29 is 14.3 Å². The van der Waals surface area contributed by atoms with Gasteiger partial charge in [0.2, 0.25) is 5.91 Å². The molecule has 2 rings (SSSR count). The number of carbonyl (C=O) groups excluding carboxylic acids is 2. The molecule has 5 heteroatoms. The van der Waals surface area contributed by atoms with Gasteiger partial charge in [-0.1, -0.05) is 32.0 Å². The summed E-state index contributed by atoms with van der Waals surface area (Å²) in [5.74, 6) is 0.439. The highest BCUT2D eigenvalue weighted by Crippen LogP contribution is 2.13. The summed E-state index contributed by atoms with van der Waals surface area (Å²) in [5.41, 5.74) is 0. The zero-order valence-electron chi connectivity index (χ0n) is 13.2. The molecular weight excluding hydrogens is 280 g/mol. The van der Waals surface area contributed by atoms with Crippen LogP contribution < -0.4 is 10.1 Å². The molecular formula is C17H24N2O3. The lowest BCUT2D eigenvalue weighted by Crippen LogP contribution is -2.51. The van der Waals surface area contributed by atoms with E-state index in [9.17, 15) is 9.59 Å². The highest BCUT2D eigenvalue weighted by atomic mass is 16.5. The van der Waals surface area contributed by atoms with Crippen molar-refractivity contribution in [3.8, 4) is 5.75 Å². The minimum atomic E-state index is -0.482. The standard InChI is InChI=1S/C17H24N2O3/c1-13(2)16(17(21)19-10-6-7-11-19)18-15(20)12-22-14-8-4-3-5-9-14/h3-5,8-9,13,16H,6-7,10-12H2,1-2H3,(H,18,20)/t16-/m1/s1. The van der Waals surface area contributed by atoms with E-state index in [0.717, 1.165) is 25.9 Å². The van der Waals surface area contributed by atoms with Gasteiger partial charge in [-0.3, -0.25) is 9.59 Å². The molecule has 0 saturated carbocycles. The normalized spacial score (nSPS) is 15.7. The summed E-state index contributed by atoms with van der Waals surface area (Å²) in [6.45, 7) is 5.38. The van der Waals surface area contributed by atoms with Crippen LogP contribution in [0.2, 0.25) is 0 Å². The van der Waals surface area contributed by atoms with E-state index in [-0.39, 0.29) is 24.3 Å². The van der Waals surface area contributed by atoms with Gasteiger partial charge >= 0.3 is 0 Å². The van der Waals surface area contributed by atoms with Gasteiger partial charge in [0.25, 0.3) is 5.91 Å². The van der Waals surface area contributed by atoms with Crippen LogP contribution in [-0.2, 0) is 9.59 Å². The molecule has 0 radical (unpaired) electrons. The number of amides is 2. The van der Waals surface area contributed by atoms with Crippen LogP contribution in [0.25, 0.3) is 0 Å². The number of likely N-dealkylation sites (tertiary alicyclic amines) is 1. The Balaban J connectivity index is 1.87. The highest BCUT2D eigenvalue weighted by Gasteiger charge is 2.29. The fourth-order valence-electron chi connectivity index (χ4n) is 2.53. The maximum absolute atomic E-state index is 12.5. The van der Waals surface area contributed by atoms with Gasteiger partial charge in [-0.05, 0) is 30.9 Å². The molecule has 0 aromatic heterocycles. The number of hydrogen-bond acceptors (Lipinski definition) is 3. The molecule has 1 N–H and O–H groups in total. The molecule has 5 nitrogen and oxygen atoms in total. The Hall–Kier alpha value is -2.04. The summed E-state index contributed by atoms with van der Waals surface area (Å²) < 4.78 is 5.42. The van der Waals surface area contributed by atoms with Crippen LogP contribution in [0.1, 0.15) is 26.7 Å². The molecule has 120 valence electrons. The minimum Gasteiger partial charge on any atom is -0.484 e. The first kappa shape index (κ1) is 16.3. The lowest BCUT2D eigenvalue weighted by Gasteiger charge is -2.26. The zero-order chi connectivity index (χ0) is 15.9. The van der Waals surface area contributed by atoms with Crippen molar-refractivity contribution in [1.82, 2.24) is 10.2 Å². The lowest BCUT2D eigenvalue weighted by atomic mass is 10.0. The fraction of sp³-hybridized carbons (Fsp3) is 0.529. The van der Waals surface area contributed by atoms with Gasteiger partial charge in [-0.15, -0.1) is 0 Å². The molecule has 0 spiro atoms. The van der Waals surface area contributed by atoms with Crippen LogP contribution in [0.5, 0.6) is 5.75 Å². The lowest BCUT2D eigenvalue weighted by molar-refractivity contribution is -0.137. The molecule has 1 fully saturated rings. The van der Waals surface area contributed by atoms with Crippen molar-refractivity contribution in [2.24, 2.45) is 5.92 Å². The quantitative estimate of drug-likeness (QED) is 0.872. The monoisotopic (exact) mass is 304 g/mol. The molecule has 2 amide bonds. The first-order chi connectivity index (χ1) is 10.6. The summed E-state index contributed by atoms with van der Waals surface area (Å²) in [5, 5.41) is 2.81. The number of benzene rings is 1. The number of rotatable bonds is 6. The molecule has 1 aliphatic rings. The predicted molar refractivity (Wildman–Crippen MR) is 84.5 cm³/mol. The van der Waals surface area contributed by atoms with Crippen molar-refractivity contribution >= 4 is 11.8 Å². The maximum Gasteiger partial charge on any atom is 0.258 e. The van der Waals surface area contributed by atoms with Gasteiger partial charge in [-0.25, -0.2) is 0 Å². The fourth-order valence-corrected chi connectivity index (χ4v) is 2.53. The Kier molecular flexibility index (Phi) is 5.81. The van der Waals surface area contributed by atoms with Crippen molar-refractivity contribution in [2.45, 2.75) is 32.7 Å². The molecule has 0 aliphatic carbocycles. The largest absolute Gasteiger partial charge is 0.484 e. The van der Waals surface area contributed by atoms with Crippen molar-refractivity contribution in [3.63, 3.8) is 0 Å². The van der Waals surface area contributed by atoms with E-state index < -0.39 is 6.04 Å². The summed E-state index contributed by atoms with van der Waals surface area (Å²) in [6, 6.07) is 8.69. The summed E-state index contributed by atoms with van der Waals surface area (Å²) in [4.78, 5) is 26.3. The van der Waals surface area contributed by atoms with Crippen molar-refractivity contribution in [3.05, 3.63) is 30.3 Å².